The summed E-state index contributed by atoms with van der Waals surface area (Å²) in [6.07, 6.45) is 2.13. The molecular formula is C23H24ClN3O4S. The van der Waals surface area contributed by atoms with E-state index in [9.17, 15) is 4.79 Å². The van der Waals surface area contributed by atoms with Gasteiger partial charge in [0.25, 0.3) is 0 Å². The number of ether oxygens (including phenoxy) is 3. The molecule has 0 spiro atoms. The Morgan fingerprint density at radius 3 is 2.69 bits per heavy atom. The number of methoxy groups -OCH3 is 2. The van der Waals surface area contributed by atoms with E-state index < -0.39 is 0 Å². The molecule has 2 aromatic carbocycles. The number of carbonyl (C=O) groups excluding carboxylic acids is 1. The highest BCUT2D eigenvalue weighted by Gasteiger charge is 2.23. The van der Waals surface area contributed by atoms with Crippen molar-refractivity contribution in [3.63, 3.8) is 0 Å². The van der Waals surface area contributed by atoms with E-state index in [1.54, 1.807) is 32.4 Å². The van der Waals surface area contributed by atoms with Crippen molar-refractivity contribution in [2.24, 2.45) is 0 Å². The van der Waals surface area contributed by atoms with Crippen molar-refractivity contribution < 1.29 is 19.0 Å². The van der Waals surface area contributed by atoms with Crippen LogP contribution in [0.3, 0.4) is 0 Å². The zero-order chi connectivity index (χ0) is 22.5. The van der Waals surface area contributed by atoms with Crippen LogP contribution in [-0.2, 0) is 11.3 Å². The fourth-order valence-electron chi connectivity index (χ4n) is 3.60. The molecule has 168 valence electrons. The molecule has 1 aliphatic rings. The number of thioether (sulfide) groups is 1. The number of ketones is 1. The number of hydrogen-bond donors (Lipinski definition) is 0. The summed E-state index contributed by atoms with van der Waals surface area (Å²) in [4.78, 5) is 13.0. The number of nitrogens with zero attached hydrogens (tertiary/aromatic N) is 3. The van der Waals surface area contributed by atoms with Crippen LogP contribution in [0.5, 0.6) is 11.5 Å². The molecule has 1 unspecified atom stereocenters. The predicted molar refractivity (Wildman–Crippen MR) is 124 cm³/mol. The van der Waals surface area contributed by atoms with Crippen molar-refractivity contribution >= 4 is 29.1 Å². The molecule has 1 saturated heterocycles. The fourth-order valence-corrected chi connectivity index (χ4v) is 4.56. The third kappa shape index (κ3) is 5.09. The first-order chi connectivity index (χ1) is 15.6. The largest absolute Gasteiger partial charge is 0.497 e. The Hall–Kier alpha value is -2.55. The van der Waals surface area contributed by atoms with Gasteiger partial charge >= 0.3 is 0 Å². The van der Waals surface area contributed by atoms with Crippen molar-refractivity contribution in [1.82, 2.24) is 14.8 Å². The van der Waals surface area contributed by atoms with Crippen molar-refractivity contribution in [3.05, 3.63) is 53.1 Å². The van der Waals surface area contributed by atoms with Gasteiger partial charge in [0.15, 0.2) is 16.8 Å². The average Bonchev–Trinajstić information content (AvgIpc) is 3.48. The Kier molecular flexibility index (Phi) is 7.34. The minimum Gasteiger partial charge on any atom is -0.497 e. The van der Waals surface area contributed by atoms with E-state index in [1.165, 1.54) is 11.8 Å². The quantitative estimate of drug-likeness (QED) is 0.327. The number of benzene rings is 2. The summed E-state index contributed by atoms with van der Waals surface area (Å²) in [6, 6.07) is 12.7. The van der Waals surface area contributed by atoms with Gasteiger partial charge in [-0.25, -0.2) is 0 Å². The monoisotopic (exact) mass is 473 g/mol. The molecule has 2 heterocycles. The molecule has 0 N–H and O–H groups in total. The van der Waals surface area contributed by atoms with Gasteiger partial charge in [-0.1, -0.05) is 23.4 Å². The van der Waals surface area contributed by atoms with Crippen molar-refractivity contribution in [2.45, 2.75) is 30.6 Å². The number of Topliss-reactive ketones (excluding diaryl/α,β-unsaturated/α-hetero) is 1. The Labute approximate surface area is 196 Å². The number of rotatable bonds is 9. The SMILES string of the molecule is COc1ccc(OC)c(C(=O)CSc2nnc(-c3ccc(Cl)cc3)n2CC2CCCO2)c1. The van der Waals surface area contributed by atoms with Gasteiger partial charge in [0.05, 0.1) is 38.2 Å². The number of aromatic nitrogens is 3. The topological polar surface area (TPSA) is 75.5 Å². The van der Waals surface area contributed by atoms with Gasteiger partial charge in [-0.3, -0.25) is 9.36 Å². The van der Waals surface area contributed by atoms with Crippen molar-refractivity contribution in [1.29, 1.82) is 0 Å². The van der Waals surface area contributed by atoms with E-state index in [4.69, 9.17) is 25.8 Å². The van der Waals surface area contributed by atoms with Crippen molar-refractivity contribution in [3.8, 4) is 22.9 Å². The highest BCUT2D eigenvalue weighted by molar-refractivity contribution is 7.99. The highest BCUT2D eigenvalue weighted by atomic mass is 35.5. The van der Waals surface area contributed by atoms with Gasteiger partial charge in [0.2, 0.25) is 0 Å². The van der Waals surface area contributed by atoms with Crippen molar-refractivity contribution in [2.75, 3.05) is 26.6 Å². The van der Waals surface area contributed by atoms with Crippen LogP contribution in [-0.4, -0.2) is 53.2 Å². The second kappa shape index (κ2) is 10.4. The lowest BCUT2D eigenvalue weighted by molar-refractivity contribution is 0.0953. The molecule has 3 aromatic rings. The van der Waals surface area contributed by atoms with Crippen LogP contribution in [0.15, 0.2) is 47.6 Å². The van der Waals surface area contributed by atoms with Gasteiger partial charge in [0, 0.05) is 17.2 Å². The summed E-state index contributed by atoms with van der Waals surface area (Å²) < 4.78 is 18.5. The zero-order valence-electron chi connectivity index (χ0n) is 17.9. The third-order valence-electron chi connectivity index (χ3n) is 5.27. The summed E-state index contributed by atoms with van der Waals surface area (Å²) in [5, 5.41) is 10.1. The lowest BCUT2D eigenvalue weighted by atomic mass is 10.1. The molecule has 1 fully saturated rings. The lowest BCUT2D eigenvalue weighted by Gasteiger charge is -2.15. The van der Waals surface area contributed by atoms with E-state index in [0.717, 1.165) is 30.8 Å². The molecule has 0 bridgehead atoms. The van der Waals surface area contributed by atoms with Gasteiger partial charge in [0.1, 0.15) is 11.5 Å². The Morgan fingerprint density at radius 1 is 1.19 bits per heavy atom. The Balaban J connectivity index is 1.58. The smallest absolute Gasteiger partial charge is 0.192 e. The fraction of sp³-hybridized carbons (Fsp3) is 0.348. The molecule has 1 atom stereocenters. The standard InChI is InChI=1S/C23H24ClN3O4S/c1-29-17-9-10-21(30-2)19(12-17)20(28)14-32-23-26-25-22(15-5-7-16(24)8-6-15)27(23)13-18-4-3-11-31-18/h5-10,12,18H,3-4,11,13-14H2,1-2H3. The molecule has 1 aliphatic heterocycles. The molecule has 32 heavy (non-hydrogen) atoms. The van der Waals surface area contributed by atoms with Crippen LogP contribution in [0, 0.1) is 0 Å². The van der Waals surface area contributed by atoms with E-state index >= 15 is 0 Å². The van der Waals surface area contributed by atoms with Crippen LogP contribution >= 0.6 is 23.4 Å². The van der Waals surface area contributed by atoms with Gasteiger partial charge in [-0.2, -0.15) is 0 Å². The van der Waals surface area contributed by atoms with Crippen LogP contribution in [0.4, 0.5) is 0 Å². The minimum absolute atomic E-state index is 0.0783. The minimum atomic E-state index is -0.0783. The summed E-state index contributed by atoms with van der Waals surface area (Å²) in [7, 11) is 3.11. The molecule has 0 amide bonds. The molecule has 0 saturated carbocycles. The van der Waals surface area contributed by atoms with Crippen LogP contribution in [0.25, 0.3) is 11.4 Å². The number of hydrogen-bond acceptors (Lipinski definition) is 7. The molecule has 0 aliphatic carbocycles. The van der Waals surface area contributed by atoms with E-state index in [-0.39, 0.29) is 17.6 Å². The molecule has 7 nitrogen and oxygen atoms in total. The first-order valence-electron chi connectivity index (χ1n) is 10.3. The van der Waals surface area contributed by atoms with Crippen LogP contribution in [0.2, 0.25) is 5.02 Å². The van der Waals surface area contributed by atoms with Gasteiger partial charge in [-0.05, 0) is 55.3 Å². The number of carbonyl (C=O) groups is 1. The highest BCUT2D eigenvalue weighted by Crippen LogP contribution is 2.30. The normalized spacial score (nSPS) is 15.7. The third-order valence-corrected chi connectivity index (χ3v) is 6.49. The maximum Gasteiger partial charge on any atom is 0.192 e. The second-order valence-electron chi connectivity index (χ2n) is 7.34. The summed E-state index contributed by atoms with van der Waals surface area (Å²) in [5.74, 6) is 1.95. The summed E-state index contributed by atoms with van der Waals surface area (Å²) in [6.45, 7) is 1.39. The zero-order valence-corrected chi connectivity index (χ0v) is 19.5. The Bertz CT molecular complexity index is 1080. The summed E-state index contributed by atoms with van der Waals surface area (Å²) in [5.41, 5.74) is 1.38. The Morgan fingerprint density at radius 2 is 2.00 bits per heavy atom. The number of halogens is 1. The van der Waals surface area contributed by atoms with E-state index in [1.807, 2.05) is 28.8 Å². The molecule has 9 heteroatoms. The molecule has 0 radical (unpaired) electrons. The maximum absolute atomic E-state index is 13.0. The molecular weight excluding hydrogens is 450 g/mol. The van der Waals surface area contributed by atoms with Crippen LogP contribution in [0.1, 0.15) is 23.2 Å². The van der Waals surface area contributed by atoms with Gasteiger partial charge < -0.3 is 14.2 Å². The first kappa shape index (κ1) is 22.6. The molecule has 4 rings (SSSR count). The van der Waals surface area contributed by atoms with E-state index in [2.05, 4.69) is 10.2 Å². The molecule has 1 aromatic heterocycles. The average molecular weight is 474 g/mol. The first-order valence-corrected chi connectivity index (χ1v) is 11.6. The second-order valence-corrected chi connectivity index (χ2v) is 8.72. The summed E-state index contributed by atoms with van der Waals surface area (Å²) >= 11 is 7.39. The lowest BCUT2D eigenvalue weighted by Crippen LogP contribution is -2.17. The van der Waals surface area contributed by atoms with Gasteiger partial charge in [-0.15, -0.1) is 10.2 Å². The van der Waals surface area contributed by atoms with Crippen LogP contribution < -0.4 is 9.47 Å². The van der Waals surface area contributed by atoms with E-state index in [0.29, 0.717) is 33.8 Å². The predicted octanol–water partition coefficient (Wildman–Crippen LogP) is 4.77. The maximum atomic E-state index is 13.0.